The SMILES string of the molecule is COc1cccc(N2CCN([C@@H](C(=O)O)c3c(C)[nH]c4ccccc34)CC2)c1. The van der Waals surface area contributed by atoms with E-state index in [2.05, 4.69) is 20.9 Å². The fourth-order valence-corrected chi connectivity index (χ4v) is 4.16. The molecule has 3 aromatic rings. The van der Waals surface area contributed by atoms with E-state index < -0.39 is 12.0 Å². The zero-order valence-corrected chi connectivity index (χ0v) is 16.2. The van der Waals surface area contributed by atoms with E-state index in [1.54, 1.807) is 7.11 Å². The van der Waals surface area contributed by atoms with E-state index in [0.29, 0.717) is 13.1 Å². The maximum Gasteiger partial charge on any atom is 0.325 e. The quantitative estimate of drug-likeness (QED) is 0.711. The molecular formula is C22H25N3O3. The minimum absolute atomic E-state index is 0.649. The van der Waals surface area contributed by atoms with Crippen LogP contribution in [-0.2, 0) is 4.79 Å². The first-order valence-electron chi connectivity index (χ1n) is 9.51. The molecule has 0 radical (unpaired) electrons. The van der Waals surface area contributed by atoms with Crippen LogP contribution in [0.1, 0.15) is 17.3 Å². The monoisotopic (exact) mass is 379 g/mol. The molecule has 2 aromatic carbocycles. The van der Waals surface area contributed by atoms with E-state index in [-0.39, 0.29) is 0 Å². The molecule has 6 nitrogen and oxygen atoms in total. The van der Waals surface area contributed by atoms with Crippen LogP contribution in [0.25, 0.3) is 10.9 Å². The van der Waals surface area contributed by atoms with Gasteiger partial charge < -0.3 is 19.7 Å². The van der Waals surface area contributed by atoms with Gasteiger partial charge in [-0.05, 0) is 25.1 Å². The largest absolute Gasteiger partial charge is 0.497 e. The Bertz CT molecular complexity index is 990. The van der Waals surface area contributed by atoms with Gasteiger partial charge in [-0.2, -0.15) is 0 Å². The lowest BCUT2D eigenvalue weighted by Gasteiger charge is -2.39. The highest BCUT2D eigenvalue weighted by atomic mass is 16.5. The molecule has 0 saturated carbocycles. The number of aliphatic carboxylic acids is 1. The average Bonchev–Trinajstić information content (AvgIpc) is 3.04. The topological polar surface area (TPSA) is 68.8 Å². The second-order valence-corrected chi connectivity index (χ2v) is 7.17. The van der Waals surface area contributed by atoms with Crippen molar-refractivity contribution in [1.29, 1.82) is 0 Å². The summed E-state index contributed by atoms with van der Waals surface area (Å²) in [5.41, 5.74) is 3.88. The number of para-hydroxylation sites is 1. The van der Waals surface area contributed by atoms with E-state index in [0.717, 1.165) is 46.7 Å². The summed E-state index contributed by atoms with van der Waals surface area (Å²) < 4.78 is 5.32. The first-order valence-corrected chi connectivity index (χ1v) is 9.51. The van der Waals surface area contributed by atoms with Crippen molar-refractivity contribution in [2.75, 3.05) is 38.2 Å². The Morgan fingerprint density at radius 2 is 1.86 bits per heavy atom. The molecule has 1 saturated heterocycles. The molecule has 6 heteroatoms. The van der Waals surface area contributed by atoms with Gasteiger partial charge in [-0.3, -0.25) is 9.69 Å². The lowest BCUT2D eigenvalue weighted by atomic mass is 10.0. The number of anilines is 1. The molecule has 1 fully saturated rings. The number of H-pyrrole nitrogens is 1. The van der Waals surface area contributed by atoms with Crippen LogP contribution < -0.4 is 9.64 Å². The number of nitrogens with zero attached hydrogens (tertiary/aromatic N) is 2. The van der Waals surface area contributed by atoms with Gasteiger partial charge in [-0.1, -0.05) is 24.3 Å². The maximum absolute atomic E-state index is 12.2. The van der Waals surface area contributed by atoms with Gasteiger partial charge >= 0.3 is 5.97 Å². The number of aromatic nitrogens is 1. The molecule has 4 rings (SSSR count). The van der Waals surface area contributed by atoms with Crippen molar-refractivity contribution in [3.8, 4) is 5.75 Å². The summed E-state index contributed by atoms with van der Waals surface area (Å²) in [6.45, 7) is 4.88. The minimum Gasteiger partial charge on any atom is -0.497 e. The third-order valence-electron chi connectivity index (χ3n) is 5.55. The average molecular weight is 379 g/mol. The summed E-state index contributed by atoms with van der Waals surface area (Å²) in [6.07, 6.45) is 0. The molecule has 0 spiro atoms. The molecule has 0 aliphatic carbocycles. The van der Waals surface area contributed by atoms with Crippen LogP contribution in [0, 0.1) is 6.92 Å². The van der Waals surface area contributed by atoms with Crippen molar-refractivity contribution in [3.63, 3.8) is 0 Å². The second kappa shape index (κ2) is 7.56. The number of aromatic amines is 1. The van der Waals surface area contributed by atoms with Gasteiger partial charge in [-0.25, -0.2) is 0 Å². The number of benzene rings is 2. The Kier molecular flexibility index (Phi) is 4.96. The predicted molar refractivity (Wildman–Crippen MR) is 110 cm³/mol. The van der Waals surface area contributed by atoms with Crippen LogP contribution in [-0.4, -0.2) is 54.2 Å². The number of nitrogens with one attached hydrogen (secondary N) is 1. The van der Waals surface area contributed by atoms with Crippen molar-refractivity contribution >= 4 is 22.6 Å². The van der Waals surface area contributed by atoms with E-state index in [4.69, 9.17) is 4.74 Å². The predicted octanol–water partition coefficient (Wildman–Crippen LogP) is 3.43. The van der Waals surface area contributed by atoms with Crippen molar-refractivity contribution in [2.24, 2.45) is 0 Å². The third kappa shape index (κ3) is 3.31. The highest BCUT2D eigenvalue weighted by Gasteiger charge is 2.33. The van der Waals surface area contributed by atoms with Gasteiger partial charge in [0.1, 0.15) is 11.8 Å². The van der Waals surface area contributed by atoms with Crippen molar-refractivity contribution in [3.05, 3.63) is 59.8 Å². The van der Waals surface area contributed by atoms with E-state index in [1.807, 2.05) is 49.4 Å². The molecule has 28 heavy (non-hydrogen) atoms. The minimum atomic E-state index is -0.803. The van der Waals surface area contributed by atoms with Gasteiger partial charge in [0, 0.05) is 60.1 Å². The number of rotatable bonds is 5. The number of piperazine rings is 1. The molecule has 1 aliphatic heterocycles. The Morgan fingerprint density at radius 1 is 1.11 bits per heavy atom. The summed E-state index contributed by atoms with van der Waals surface area (Å²) >= 11 is 0. The van der Waals surface area contributed by atoms with Crippen LogP contribution in [0.15, 0.2) is 48.5 Å². The molecule has 0 bridgehead atoms. The Balaban J connectivity index is 1.57. The van der Waals surface area contributed by atoms with E-state index >= 15 is 0 Å². The van der Waals surface area contributed by atoms with Gasteiger partial charge in [0.25, 0.3) is 0 Å². The first-order chi connectivity index (χ1) is 13.6. The molecule has 1 aliphatic rings. The smallest absolute Gasteiger partial charge is 0.325 e. The molecule has 0 unspecified atom stereocenters. The highest BCUT2D eigenvalue weighted by Crippen LogP contribution is 2.33. The number of hydrogen-bond donors (Lipinski definition) is 2. The highest BCUT2D eigenvalue weighted by molar-refractivity contribution is 5.90. The van der Waals surface area contributed by atoms with Gasteiger partial charge in [0.2, 0.25) is 0 Å². The zero-order valence-electron chi connectivity index (χ0n) is 16.2. The maximum atomic E-state index is 12.2. The molecule has 1 atom stereocenters. The number of carboxylic acids is 1. The number of methoxy groups -OCH3 is 1. The fourth-order valence-electron chi connectivity index (χ4n) is 4.16. The second-order valence-electron chi connectivity index (χ2n) is 7.17. The van der Waals surface area contributed by atoms with Crippen molar-refractivity contribution in [2.45, 2.75) is 13.0 Å². The normalized spacial score (nSPS) is 16.3. The number of carbonyl (C=O) groups is 1. The van der Waals surface area contributed by atoms with Crippen LogP contribution in [0.3, 0.4) is 0 Å². The van der Waals surface area contributed by atoms with Crippen LogP contribution in [0.5, 0.6) is 5.75 Å². The van der Waals surface area contributed by atoms with Gasteiger partial charge in [0.05, 0.1) is 7.11 Å². The summed E-state index contributed by atoms with van der Waals surface area (Å²) in [7, 11) is 1.66. The first kappa shape index (κ1) is 18.4. The van der Waals surface area contributed by atoms with Crippen LogP contribution in [0.2, 0.25) is 0 Å². The summed E-state index contributed by atoms with van der Waals surface area (Å²) in [4.78, 5) is 19.9. The van der Waals surface area contributed by atoms with Crippen LogP contribution >= 0.6 is 0 Å². The lowest BCUT2D eigenvalue weighted by molar-refractivity contribution is -0.143. The molecule has 2 N–H and O–H groups in total. The molecule has 0 amide bonds. The summed E-state index contributed by atoms with van der Waals surface area (Å²) in [6, 6.07) is 15.3. The van der Waals surface area contributed by atoms with Crippen LogP contribution in [0.4, 0.5) is 5.69 Å². The number of ether oxygens (including phenoxy) is 1. The number of hydrogen-bond acceptors (Lipinski definition) is 4. The summed E-state index contributed by atoms with van der Waals surface area (Å²) in [5, 5.41) is 11.0. The summed E-state index contributed by atoms with van der Waals surface area (Å²) in [5.74, 6) is 0.0282. The lowest BCUT2D eigenvalue weighted by Crippen LogP contribution is -2.49. The Morgan fingerprint density at radius 3 is 2.57 bits per heavy atom. The van der Waals surface area contributed by atoms with Gasteiger partial charge in [0.15, 0.2) is 0 Å². The molecule has 146 valence electrons. The number of aryl methyl sites for hydroxylation is 1. The molecule has 1 aromatic heterocycles. The van der Waals surface area contributed by atoms with E-state index in [1.165, 1.54) is 0 Å². The standard InChI is InChI=1S/C22H25N3O3/c1-15-20(18-8-3-4-9-19(18)23-15)21(22(26)27)25-12-10-24(11-13-25)16-6-5-7-17(14-16)28-2/h3-9,14,21,23H,10-13H2,1-2H3,(H,26,27)/t21-/m1/s1. The number of carboxylic acid groups (broad SMARTS) is 1. The number of fused-ring (bicyclic) bond motifs is 1. The van der Waals surface area contributed by atoms with E-state index in [9.17, 15) is 9.90 Å². The third-order valence-corrected chi connectivity index (χ3v) is 5.55. The van der Waals surface area contributed by atoms with Crippen molar-refractivity contribution in [1.82, 2.24) is 9.88 Å². The zero-order chi connectivity index (χ0) is 19.7. The fraction of sp³-hybridized carbons (Fsp3) is 0.318. The Labute approximate surface area is 164 Å². The van der Waals surface area contributed by atoms with Gasteiger partial charge in [-0.15, -0.1) is 0 Å². The Hall–Kier alpha value is -2.99. The molecular weight excluding hydrogens is 354 g/mol. The van der Waals surface area contributed by atoms with Crippen molar-refractivity contribution < 1.29 is 14.6 Å². The molecule has 2 heterocycles.